The van der Waals surface area contributed by atoms with Crippen molar-refractivity contribution in [1.29, 1.82) is 0 Å². The van der Waals surface area contributed by atoms with Crippen molar-refractivity contribution < 1.29 is 4.79 Å². The molecule has 0 saturated carbocycles. The van der Waals surface area contributed by atoms with Crippen LogP contribution in [0, 0.1) is 0 Å². The highest BCUT2D eigenvalue weighted by atomic mass is 35.5. The minimum absolute atomic E-state index is 0.0153. The topological polar surface area (TPSA) is 48.5 Å². The third-order valence-electron chi connectivity index (χ3n) is 4.80. The van der Waals surface area contributed by atoms with Gasteiger partial charge in [-0.1, -0.05) is 54.1 Å². The molecule has 3 aromatic rings. The van der Waals surface area contributed by atoms with Crippen LogP contribution in [-0.4, -0.2) is 48.5 Å². The average molecular weight is 381 g/mol. The first-order valence-corrected chi connectivity index (χ1v) is 9.44. The van der Waals surface area contributed by atoms with Gasteiger partial charge in [-0.25, -0.2) is 4.98 Å². The molecule has 0 bridgehead atoms. The zero-order valence-electron chi connectivity index (χ0n) is 14.9. The number of nitrogens with zero attached hydrogens (tertiary/aromatic N) is 3. The van der Waals surface area contributed by atoms with Crippen LogP contribution in [0.4, 0.5) is 11.5 Å². The molecule has 27 heavy (non-hydrogen) atoms. The number of benzene rings is 2. The van der Waals surface area contributed by atoms with Crippen LogP contribution in [0.3, 0.4) is 0 Å². The number of carbonyl (C=O) groups is 1. The van der Waals surface area contributed by atoms with Crippen LogP contribution in [0.5, 0.6) is 0 Å². The number of hydrogen-bond donors (Lipinski definition) is 1. The van der Waals surface area contributed by atoms with E-state index in [2.05, 4.69) is 32.2 Å². The van der Waals surface area contributed by atoms with E-state index in [0.29, 0.717) is 11.7 Å². The summed E-state index contributed by atoms with van der Waals surface area (Å²) in [4.78, 5) is 21.2. The number of rotatable bonds is 4. The Kier molecular flexibility index (Phi) is 5.23. The van der Waals surface area contributed by atoms with Crippen LogP contribution in [0.2, 0.25) is 5.15 Å². The maximum atomic E-state index is 12.2. The van der Waals surface area contributed by atoms with E-state index in [1.165, 1.54) is 0 Å². The number of halogens is 1. The molecule has 0 unspecified atom stereocenters. The molecule has 2 heterocycles. The Labute approximate surface area is 163 Å². The molecule has 1 aliphatic rings. The average Bonchev–Trinajstić information content (AvgIpc) is 2.69. The highest BCUT2D eigenvalue weighted by Crippen LogP contribution is 2.26. The Morgan fingerprint density at radius 3 is 2.48 bits per heavy atom. The van der Waals surface area contributed by atoms with Crippen molar-refractivity contribution in [2.24, 2.45) is 0 Å². The van der Waals surface area contributed by atoms with Crippen molar-refractivity contribution in [2.75, 3.05) is 42.9 Å². The van der Waals surface area contributed by atoms with Gasteiger partial charge in [-0.3, -0.25) is 9.69 Å². The number of anilines is 2. The Bertz CT molecular complexity index is 939. The predicted octanol–water partition coefficient (Wildman–Crippen LogP) is 3.65. The summed E-state index contributed by atoms with van der Waals surface area (Å²) in [6.45, 7) is 3.66. The number of aromatic nitrogens is 1. The van der Waals surface area contributed by atoms with E-state index < -0.39 is 0 Å². The fraction of sp³-hybridized carbons (Fsp3) is 0.238. The summed E-state index contributed by atoms with van der Waals surface area (Å²) in [5.41, 5.74) is 0.830. The number of fused-ring (bicyclic) bond motifs is 1. The highest BCUT2D eigenvalue weighted by Gasteiger charge is 2.20. The van der Waals surface area contributed by atoms with Crippen LogP contribution >= 0.6 is 11.6 Å². The van der Waals surface area contributed by atoms with Crippen molar-refractivity contribution in [2.45, 2.75) is 0 Å². The monoisotopic (exact) mass is 380 g/mol. The fourth-order valence-electron chi connectivity index (χ4n) is 3.37. The molecule has 6 heteroatoms. The largest absolute Gasteiger partial charge is 0.354 e. The Balaban J connectivity index is 1.36. The van der Waals surface area contributed by atoms with E-state index in [-0.39, 0.29) is 5.91 Å². The van der Waals surface area contributed by atoms with Gasteiger partial charge in [-0.05, 0) is 23.6 Å². The normalized spacial score (nSPS) is 15.1. The Hall–Kier alpha value is -2.63. The van der Waals surface area contributed by atoms with Gasteiger partial charge in [0.2, 0.25) is 5.91 Å². The number of hydrogen-bond acceptors (Lipinski definition) is 4. The maximum Gasteiger partial charge on any atom is 0.238 e. The summed E-state index contributed by atoms with van der Waals surface area (Å²) in [5, 5.41) is 5.54. The van der Waals surface area contributed by atoms with E-state index >= 15 is 0 Å². The molecular weight excluding hydrogens is 360 g/mol. The van der Waals surface area contributed by atoms with Crippen LogP contribution in [0.15, 0.2) is 60.7 Å². The number of amides is 1. The second-order valence-electron chi connectivity index (χ2n) is 6.67. The van der Waals surface area contributed by atoms with Crippen LogP contribution < -0.4 is 10.2 Å². The van der Waals surface area contributed by atoms with Crippen molar-refractivity contribution in [3.05, 3.63) is 65.8 Å². The molecule has 1 aliphatic heterocycles. The van der Waals surface area contributed by atoms with Gasteiger partial charge in [0, 0.05) is 37.3 Å². The Morgan fingerprint density at radius 1 is 1.00 bits per heavy atom. The molecule has 1 fully saturated rings. The predicted molar refractivity (Wildman–Crippen MR) is 110 cm³/mol. The van der Waals surface area contributed by atoms with E-state index in [1.54, 1.807) is 0 Å². The molecular formula is C21H21ClN4O. The first-order valence-electron chi connectivity index (χ1n) is 9.06. The lowest BCUT2D eigenvalue weighted by Gasteiger charge is -2.35. The fourth-order valence-corrected chi connectivity index (χ4v) is 3.62. The zero-order chi connectivity index (χ0) is 18.6. The number of carbonyl (C=O) groups excluding carboxylic acids is 1. The Morgan fingerprint density at radius 2 is 1.70 bits per heavy atom. The quantitative estimate of drug-likeness (QED) is 0.702. The van der Waals surface area contributed by atoms with Crippen LogP contribution in [-0.2, 0) is 4.79 Å². The van der Waals surface area contributed by atoms with E-state index in [4.69, 9.17) is 11.6 Å². The van der Waals surface area contributed by atoms with Gasteiger partial charge in [0.15, 0.2) is 0 Å². The van der Waals surface area contributed by atoms with Gasteiger partial charge in [0.25, 0.3) is 0 Å². The van der Waals surface area contributed by atoms with Gasteiger partial charge in [0.1, 0.15) is 11.0 Å². The number of piperazine rings is 1. The summed E-state index contributed by atoms with van der Waals surface area (Å²) < 4.78 is 0. The van der Waals surface area contributed by atoms with Gasteiger partial charge >= 0.3 is 0 Å². The van der Waals surface area contributed by atoms with Gasteiger partial charge in [-0.15, -0.1) is 0 Å². The molecule has 0 spiro atoms. The summed E-state index contributed by atoms with van der Waals surface area (Å²) in [5.74, 6) is 0.911. The number of nitrogens with one attached hydrogen (secondary N) is 1. The molecule has 5 nitrogen and oxygen atoms in total. The lowest BCUT2D eigenvalue weighted by atomic mass is 10.1. The molecule has 1 amide bonds. The van der Waals surface area contributed by atoms with E-state index in [9.17, 15) is 4.79 Å². The van der Waals surface area contributed by atoms with Gasteiger partial charge < -0.3 is 10.2 Å². The van der Waals surface area contributed by atoms with Gasteiger partial charge in [0.05, 0.1) is 6.54 Å². The lowest BCUT2D eigenvalue weighted by molar-refractivity contribution is -0.117. The van der Waals surface area contributed by atoms with Crippen LogP contribution in [0.25, 0.3) is 10.8 Å². The minimum atomic E-state index is 0.0153. The molecule has 0 atom stereocenters. The third-order valence-corrected chi connectivity index (χ3v) is 5.09. The second kappa shape index (κ2) is 7.94. The molecule has 0 radical (unpaired) electrons. The number of pyridine rings is 1. The van der Waals surface area contributed by atoms with Crippen molar-refractivity contribution in [1.82, 2.24) is 9.88 Å². The summed E-state index contributed by atoms with van der Waals surface area (Å²) in [6, 6.07) is 19.6. The third kappa shape index (κ3) is 4.21. The summed E-state index contributed by atoms with van der Waals surface area (Å²) in [7, 11) is 0. The summed E-state index contributed by atoms with van der Waals surface area (Å²) >= 11 is 6.35. The SMILES string of the molecule is O=C(CN1CCN(c2cc3ccccc3c(Cl)n2)CC1)Nc1ccccc1. The zero-order valence-corrected chi connectivity index (χ0v) is 15.7. The second-order valence-corrected chi connectivity index (χ2v) is 7.03. The van der Waals surface area contributed by atoms with E-state index in [1.807, 2.05) is 48.5 Å². The molecule has 1 N–H and O–H groups in total. The highest BCUT2D eigenvalue weighted by molar-refractivity contribution is 6.34. The molecule has 138 valence electrons. The van der Waals surface area contributed by atoms with Gasteiger partial charge in [-0.2, -0.15) is 0 Å². The minimum Gasteiger partial charge on any atom is -0.354 e. The standard InChI is InChI=1S/C21H21ClN4O/c22-21-18-9-5-4-6-16(18)14-19(24-21)26-12-10-25(11-13-26)15-20(27)23-17-7-2-1-3-8-17/h1-9,14H,10-13,15H2,(H,23,27). The maximum absolute atomic E-state index is 12.2. The molecule has 4 rings (SSSR count). The number of para-hydroxylation sites is 1. The van der Waals surface area contributed by atoms with Crippen molar-refractivity contribution in [3.63, 3.8) is 0 Å². The van der Waals surface area contributed by atoms with Crippen molar-refractivity contribution in [3.8, 4) is 0 Å². The molecule has 1 aromatic heterocycles. The van der Waals surface area contributed by atoms with Crippen LogP contribution in [0.1, 0.15) is 0 Å². The lowest BCUT2D eigenvalue weighted by Crippen LogP contribution is -2.48. The molecule has 0 aliphatic carbocycles. The first kappa shape index (κ1) is 17.8. The van der Waals surface area contributed by atoms with E-state index in [0.717, 1.165) is 48.5 Å². The first-order chi connectivity index (χ1) is 13.2. The molecule has 2 aromatic carbocycles. The van der Waals surface area contributed by atoms with Crippen molar-refractivity contribution >= 4 is 39.8 Å². The smallest absolute Gasteiger partial charge is 0.238 e. The summed E-state index contributed by atoms with van der Waals surface area (Å²) in [6.07, 6.45) is 0. The molecule has 1 saturated heterocycles.